The first kappa shape index (κ1) is 44.9. The first-order valence-electron chi connectivity index (χ1n) is 15.3. The molecule has 0 unspecified atom stereocenters. The van der Waals surface area contributed by atoms with Crippen LogP contribution in [0.3, 0.4) is 0 Å². The van der Waals surface area contributed by atoms with Crippen LogP contribution >= 0.6 is 0 Å². The van der Waals surface area contributed by atoms with Crippen LogP contribution in [0.25, 0.3) is 0 Å². The highest BCUT2D eigenvalue weighted by Crippen LogP contribution is 2.30. The lowest BCUT2D eigenvalue weighted by molar-refractivity contribution is -0.962. The zero-order chi connectivity index (χ0) is 42.7. The molecule has 0 spiro atoms. The molecular formula is C33H22BF20N. The average Bonchev–Trinajstić information content (AvgIpc) is 3.11. The standard InChI is InChI=1S/C24BF20.C9H21N/c26-5-1(6(27)14(35)21(42)13(5)34)25(2-7(28)15(36)22(43)16(37)8(2)29,3-9(30)17(38)23(44)18(39)10(3)31)4-11(32)19(40)24(45)20(41)12(4)33;1-7(2)10(8(3)4)9(5)6/h;7-9H,1-6H3/q-1;/p+1. The molecule has 0 amide bonds. The Bertz CT molecular complexity index is 1770. The predicted molar refractivity (Wildman–Crippen MR) is 156 cm³/mol. The van der Waals surface area contributed by atoms with E-state index in [2.05, 4.69) is 41.5 Å². The maximum absolute atomic E-state index is 15.4. The van der Waals surface area contributed by atoms with Crippen LogP contribution in [-0.2, 0) is 0 Å². The van der Waals surface area contributed by atoms with Crippen molar-refractivity contribution in [1.82, 2.24) is 0 Å². The minimum atomic E-state index is -7.22. The van der Waals surface area contributed by atoms with Gasteiger partial charge in [-0.3, -0.25) is 0 Å². The Labute approximate surface area is 297 Å². The molecule has 0 saturated heterocycles. The fraction of sp³-hybridized carbons (Fsp3) is 0.273. The van der Waals surface area contributed by atoms with Crippen LogP contribution in [0.4, 0.5) is 87.8 Å². The van der Waals surface area contributed by atoms with Crippen molar-refractivity contribution in [2.45, 2.75) is 59.7 Å². The van der Waals surface area contributed by atoms with Crippen molar-refractivity contribution in [3.8, 4) is 0 Å². The molecule has 0 heterocycles. The van der Waals surface area contributed by atoms with Gasteiger partial charge in [-0.2, -0.15) is 0 Å². The predicted octanol–water partition coefficient (Wildman–Crippen LogP) is 6.94. The number of nitrogens with one attached hydrogen (secondary N) is 1. The van der Waals surface area contributed by atoms with Gasteiger partial charge in [0.05, 0.1) is 18.1 Å². The van der Waals surface area contributed by atoms with Crippen molar-refractivity contribution in [2.24, 2.45) is 0 Å². The average molecular weight is 823 g/mol. The largest absolute Gasteiger partial charge is 0.329 e. The van der Waals surface area contributed by atoms with Gasteiger partial charge in [-0.15, -0.1) is 21.9 Å². The van der Waals surface area contributed by atoms with Crippen molar-refractivity contribution in [2.75, 3.05) is 0 Å². The molecule has 0 radical (unpaired) electrons. The van der Waals surface area contributed by atoms with Gasteiger partial charge in [0.2, 0.25) is 0 Å². The molecule has 0 atom stereocenters. The van der Waals surface area contributed by atoms with Gasteiger partial charge in [0.1, 0.15) is 52.7 Å². The maximum Gasteiger partial charge on any atom is 0.200 e. The third kappa shape index (κ3) is 6.87. The Kier molecular flexibility index (Phi) is 13.0. The summed E-state index contributed by atoms with van der Waals surface area (Å²) in [7, 11) is 0. The minimum absolute atomic E-state index is 0.750. The van der Waals surface area contributed by atoms with Gasteiger partial charge in [-0.25, -0.2) is 87.8 Å². The summed E-state index contributed by atoms with van der Waals surface area (Å²) in [4.78, 5) is 1.69. The van der Waals surface area contributed by atoms with E-state index in [1.165, 1.54) is 0 Å². The molecule has 1 N–H and O–H groups in total. The third-order valence-corrected chi connectivity index (χ3v) is 8.71. The number of hydrogen-bond donors (Lipinski definition) is 1. The fourth-order valence-corrected chi connectivity index (χ4v) is 6.87. The highest BCUT2D eigenvalue weighted by molar-refractivity contribution is 7.20. The van der Waals surface area contributed by atoms with E-state index in [9.17, 15) is 52.7 Å². The van der Waals surface area contributed by atoms with Crippen LogP contribution < -0.4 is 26.8 Å². The summed E-state index contributed by atoms with van der Waals surface area (Å²) in [6, 6.07) is 2.25. The van der Waals surface area contributed by atoms with Crippen LogP contribution in [0, 0.1) is 116 Å². The molecular weight excluding hydrogens is 801 g/mol. The summed E-state index contributed by atoms with van der Waals surface area (Å²) in [6.45, 7) is 13.7. The van der Waals surface area contributed by atoms with Crippen molar-refractivity contribution in [1.29, 1.82) is 0 Å². The van der Waals surface area contributed by atoms with E-state index in [-0.39, 0.29) is 0 Å². The smallest absolute Gasteiger partial charge is 0.200 e. The van der Waals surface area contributed by atoms with Crippen LogP contribution in [-0.4, -0.2) is 24.3 Å². The van der Waals surface area contributed by atoms with Gasteiger partial charge in [-0.1, -0.05) is 0 Å². The van der Waals surface area contributed by atoms with Crippen molar-refractivity contribution < 1.29 is 92.7 Å². The summed E-state index contributed by atoms with van der Waals surface area (Å²) in [5, 5.41) is 0. The van der Waals surface area contributed by atoms with E-state index in [1.807, 2.05) is 0 Å². The molecule has 55 heavy (non-hydrogen) atoms. The normalized spacial score (nSPS) is 12.1. The highest BCUT2D eigenvalue weighted by atomic mass is 19.2. The zero-order valence-corrected chi connectivity index (χ0v) is 28.4. The topological polar surface area (TPSA) is 4.44 Å². The first-order chi connectivity index (χ1) is 25.2. The van der Waals surface area contributed by atoms with Gasteiger partial charge in [-0.05, 0) is 41.5 Å². The summed E-state index contributed by atoms with van der Waals surface area (Å²) >= 11 is 0. The molecule has 4 rings (SSSR count). The number of benzene rings is 4. The lowest BCUT2D eigenvalue weighted by Gasteiger charge is -2.44. The molecule has 1 nitrogen and oxygen atoms in total. The number of hydrogen-bond acceptors (Lipinski definition) is 0. The Hall–Kier alpha value is -4.50. The summed E-state index contributed by atoms with van der Waals surface area (Å²) < 4.78 is 294. The van der Waals surface area contributed by atoms with Crippen molar-refractivity contribution >= 4 is 28.0 Å². The lowest BCUT2D eigenvalue weighted by Crippen LogP contribution is -3.20. The third-order valence-electron chi connectivity index (χ3n) is 8.71. The van der Waals surface area contributed by atoms with E-state index < -0.39 is 144 Å². The summed E-state index contributed by atoms with van der Waals surface area (Å²) in [6.07, 6.45) is -7.22. The molecule has 0 saturated carbocycles. The monoisotopic (exact) mass is 823 g/mol. The van der Waals surface area contributed by atoms with Crippen LogP contribution in [0.5, 0.6) is 0 Å². The quantitative estimate of drug-likeness (QED) is 0.0893. The number of quaternary nitrogens is 1. The van der Waals surface area contributed by atoms with Gasteiger partial charge >= 0.3 is 0 Å². The Morgan fingerprint density at radius 3 is 0.436 bits per heavy atom. The minimum Gasteiger partial charge on any atom is -0.329 e. The molecule has 0 aliphatic rings. The Morgan fingerprint density at radius 2 is 0.345 bits per heavy atom. The zero-order valence-electron chi connectivity index (χ0n) is 28.4. The molecule has 0 aliphatic heterocycles. The molecule has 0 bridgehead atoms. The number of rotatable bonds is 7. The lowest BCUT2D eigenvalue weighted by atomic mass is 9.12. The van der Waals surface area contributed by atoms with E-state index in [1.54, 1.807) is 4.90 Å². The Morgan fingerprint density at radius 1 is 0.236 bits per heavy atom. The van der Waals surface area contributed by atoms with Crippen LogP contribution in [0.1, 0.15) is 41.5 Å². The second-order valence-electron chi connectivity index (χ2n) is 12.8. The maximum atomic E-state index is 15.4. The van der Waals surface area contributed by atoms with Gasteiger partial charge in [0.15, 0.2) is 69.8 Å². The molecule has 4 aromatic rings. The molecule has 22 heteroatoms. The fourth-order valence-electron chi connectivity index (χ4n) is 6.87. The first-order valence-corrected chi connectivity index (χ1v) is 15.3. The van der Waals surface area contributed by atoms with Crippen molar-refractivity contribution in [3.63, 3.8) is 0 Å². The van der Waals surface area contributed by atoms with Crippen LogP contribution in [0.15, 0.2) is 0 Å². The molecule has 302 valence electrons. The van der Waals surface area contributed by atoms with Crippen LogP contribution in [0.2, 0.25) is 0 Å². The van der Waals surface area contributed by atoms with Gasteiger partial charge in [0.25, 0.3) is 0 Å². The summed E-state index contributed by atoms with van der Waals surface area (Å²) in [5.41, 5.74) is -14.3. The second-order valence-corrected chi connectivity index (χ2v) is 12.8. The van der Waals surface area contributed by atoms with Gasteiger partial charge in [0, 0.05) is 0 Å². The summed E-state index contributed by atoms with van der Waals surface area (Å²) in [5.74, 6) is -71.4. The Balaban J connectivity index is 0.000000712. The van der Waals surface area contributed by atoms with E-state index in [0.717, 1.165) is 18.1 Å². The van der Waals surface area contributed by atoms with E-state index in [0.29, 0.717) is 0 Å². The van der Waals surface area contributed by atoms with E-state index >= 15 is 35.1 Å². The molecule has 4 aromatic carbocycles. The van der Waals surface area contributed by atoms with E-state index in [4.69, 9.17) is 0 Å². The molecule has 0 aromatic heterocycles. The van der Waals surface area contributed by atoms with Gasteiger partial charge < -0.3 is 4.90 Å². The SMILES string of the molecule is CC(C)[NH+](C(C)C)C(C)C.Fc1c(F)c(F)c([B-](c2c(F)c(F)c(F)c(F)c2F)(c2c(F)c(F)c(F)c(F)c2F)c2c(F)c(F)c(F)c(F)c2F)c(F)c1F. The second kappa shape index (κ2) is 15.9. The van der Waals surface area contributed by atoms with Crippen molar-refractivity contribution in [3.05, 3.63) is 116 Å². The molecule has 0 fully saturated rings. The highest BCUT2D eigenvalue weighted by Gasteiger charge is 2.52. The number of halogens is 20. The molecule has 0 aliphatic carbocycles.